The second-order valence-electron chi connectivity index (χ2n) is 8.94. The highest BCUT2D eigenvalue weighted by Gasteiger charge is 2.39. The molecule has 41 heavy (non-hydrogen) atoms. The molecule has 224 valence electrons. The number of carboxylic acid groups (broad SMARTS) is 1. The van der Waals surface area contributed by atoms with Crippen LogP contribution in [0.5, 0.6) is 5.75 Å². The van der Waals surface area contributed by atoms with E-state index in [-0.39, 0.29) is 35.5 Å². The largest absolute Gasteiger partial charge is 0.500 e. The fourth-order valence-electron chi connectivity index (χ4n) is 4.22. The number of hydrogen-bond donors (Lipinski definition) is 3. The van der Waals surface area contributed by atoms with Crippen LogP contribution in [-0.4, -0.2) is 71.1 Å². The van der Waals surface area contributed by atoms with Crippen LogP contribution in [0.1, 0.15) is 78.0 Å². The van der Waals surface area contributed by atoms with E-state index < -0.39 is 26.6 Å². The van der Waals surface area contributed by atoms with Gasteiger partial charge in [0, 0.05) is 39.0 Å². The first-order valence-corrected chi connectivity index (χ1v) is 15.8. The van der Waals surface area contributed by atoms with Crippen molar-refractivity contribution in [1.82, 2.24) is 10.6 Å². The second kappa shape index (κ2) is 17.3. The Kier molecular flexibility index (Phi) is 14.2. The normalized spacial score (nSPS) is 11.1. The van der Waals surface area contributed by atoms with Gasteiger partial charge in [-0.2, -0.15) is 0 Å². The summed E-state index contributed by atoms with van der Waals surface area (Å²) in [5.41, 5.74) is 1.00. The quantitative estimate of drug-likeness (QED) is 0.124. The number of aromatic carboxylic acids is 1. The Morgan fingerprint density at radius 1 is 0.780 bits per heavy atom. The van der Waals surface area contributed by atoms with Crippen LogP contribution in [0.3, 0.4) is 0 Å². The lowest BCUT2D eigenvalue weighted by Gasteiger charge is -2.28. The van der Waals surface area contributed by atoms with Gasteiger partial charge in [0.1, 0.15) is 5.75 Å². The van der Waals surface area contributed by atoms with Gasteiger partial charge in [-0.05, 0) is 69.0 Å². The van der Waals surface area contributed by atoms with Gasteiger partial charge in [0.05, 0.1) is 16.7 Å². The minimum Gasteiger partial charge on any atom is -0.478 e. The molecule has 0 heterocycles. The highest BCUT2D eigenvalue weighted by molar-refractivity contribution is 6.60. The maximum atomic E-state index is 13.1. The van der Waals surface area contributed by atoms with Crippen LogP contribution < -0.4 is 15.4 Å². The molecule has 0 fully saturated rings. The molecule has 11 nitrogen and oxygen atoms in total. The van der Waals surface area contributed by atoms with Crippen LogP contribution in [0.4, 0.5) is 0 Å². The molecule has 0 unspecified atom stereocenters. The Hall–Kier alpha value is -3.58. The van der Waals surface area contributed by atoms with Crippen LogP contribution in [-0.2, 0) is 18.1 Å². The van der Waals surface area contributed by atoms with Gasteiger partial charge in [0.2, 0.25) is 0 Å². The highest BCUT2D eigenvalue weighted by Crippen LogP contribution is 2.29. The first-order valence-electron chi connectivity index (χ1n) is 13.9. The van der Waals surface area contributed by atoms with Crippen molar-refractivity contribution in [3.05, 3.63) is 53.1 Å². The molecule has 2 aromatic rings. The molecule has 0 aliphatic carbocycles. The van der Waals surface area contributed by atoms with E-state index in [1.165, 1.54) is 24.3 Å². The van der Waals surface area contributed by atoms with Crippen LogP contribution >= 0.6 is 0 Å². The zero-order valence-electron chi connectivity index (χ0n) is 24.1. The van der Waals surface area contributed by atoms with Gasteiger partial charge < -0.3 is 33.8 Å². The molecule has 2 aromatic carbocycles. The Labute approximate surface area is 241 Å². The lowest BCUT2D eigenvalue weighted by Crippen LogP contribution is -2.46. The van der Waals surface area contributed by atoms with Crippen LogP contribution in [0.15, 0.2) is 36.4 Å². The topological polar surface area (TPSA) is 149 Å². The summed E-state index contributed by atoms with van der Waals surface area (Å²) in [7, 11) is -2.88. The predicted molar refractivity (Wildman–Crippen MR) is 155 cm³/mol. The fourth-order valence-corrected chi connectivity index (χ4v) is 6.83. The SMILES string of the molecule is CCCCNC(=O)c1cc(-c2ccc(C(=O)O)c(C(=O)NCCC[Si](OCC)(OCC)OCC)c2)ccc1OC=O. The maximum absolute atomic E-state index is 13.1. The summed E-state index contributed by atoms with van der Waals surface area (Å²) in [6.07, 6.45) is 2.19. The number of benzene rings is 2. The zero-order valence-corrected chi connectivity index (χ0v) is 25.1. The van der Waals surface area contributed by atoms with Crippen molar-refractivity contribution < 1.29 is 42.3 Å². The van der Waals surface area contributed by atoms with Gasteiger partial charge in [0.15, 0.2) is 0 Å². The molecule has 3 N–H and O–H groups in total. The van der Waals surface area contributed by atoms with E-state index in [9.17, 15) is 24.3 Å². The molecule has 0 bridgehead atoms. The summed E-state index contributed by atoms with van der Waals surface area (Å²) in [5.74, 6) is -2.13. The fraction of sp³-hybridized carbons (Fsp3) is 0.448. The van der Waals surface area contributed by atoms with E-state index in [1.807, 2.05) is 27.7 Å². The number of amides is 2. The van der Waals surface area contributed by atoms with Gasteiger partial charge in [-0.25, -0.2) is 4.79 Å². The smallest absolute Gasteiger partial charge is 0.478 e. The molecule has 12 heteroatoms. The maximum Gasteiger partial charge on any atom is 0.500 e. The molecule has 0 spiro atoms. The van der Waals surface area contributed by atoms with E-state index in [4.69, 9.17) is 18.0 Å². The van der Waals surface area contributed by atoms with Gasteiger partial charge in [-0.1, -0.05) is 25.5 Å². The minimum atomic E-state index is -2.88. The first kappa shape index (κ1) is 33.6. The van der Waals surface area contributed by atoms with Crippen molar-refractivity contribution in [2.24, 2.45) is 0 Å². The number of carboxylic acids is 1. The zero-order chi connectivity index (χ0) is 30.3. The van der Waals surface area contributed by atoms with Gasteiger partial charge in [-0.15, -0.1) is 0 Å². The van der Waals surface area contributed by atoms with Crippen LogP contribution in [0.25, 0.3) is 11.1 Å². The first-order chi connectivity index (χ1) is 19.7. The number of carbonyl (C=O) groups excluding carboxylic acids is 3. The Morgan fingerprint density at radius 3 is 1.85 bits per heavy atom. The van der Waals surface area contributed by atoms with Crippen molar-refractivity contribution in [3.8, 4) is 16.9 Å². The summed E-state index contributed by atoms with van der Waals surface area (Å²) in [6.45, 7) is 9.88. The third-order valence-corrected chi connectivity index (χ3v) is 9.23. The van der Waals surface area contributed by atoms with Crippen molar-refractivity contribution in [3.63, 3.8) is 0 Å². The van der Waals surface area contributed by atoms with Gasteiger partial charge in [-0.3, -0.25) is 14.4 Å². The minimum absolute atomic E-state index is 0.0277. The van der Waals surface area contributed by atoms with E-state index >= 15 is 0 Å². The number of carbonyl (C=O) groups is 4. The predicted octanol–water partition coefficient (Wildman–Crippen LogP) is 4.29. The molecule has 0 saturated heterocycles. The summed E-state index contributed by atoms with van der Waals surface area (Å²) in [4.78, 5) is 48.8. The molecule has 0 radical (unpaired) electrons. The molecule has 0 aliphatic heterocycles. The number of rotatable bonds is 19. The van der Waals surface area contributed by atoms with E-state index in [2.05, 4.69) is 10.6 Å². The Balaban J connectivity index is 2.29. The number of nitrogens with one attached hydrogen (secondary N) is 2. The van der Waals surface area contributed by atoms with Gasteiger partial charge >= 0.3 is 14.8 Å². The molecule has 0 atom stereocenters. The lowest BCUT2D eigenvalue weighted by atomic mass is 9.97. The number of hydrogen-bond acceptors (Lipinski definition) is 8. The lowest BCUT2D eigenvalue weighted by molar-refractivity contribution is -0.120. The van der Waals surface area contributed by atoms with Crippen LogP contribution in [0, 0.1) is 0 Å². The standard InChI is InChI=1S/C29H40N2O9Si/c1-5-9-15-30-28(34)25-19-22(12-14-26(25)37-20-32)21-11-13-23(29(35)36)24(18-21)27(33)31-16-10-17-41(38-6-2,39-7-3)40-8-4/h11-14,18-20H,5-10,15-17H2,1-4H3,(H,30,34)(H,31,33)(H,35,36). The third kappa shape index (κ3) is 9.78. The van der Waals surface area contributed by atoms with E-state index in [1.54, 1.807) is 12.1 Å². The molecule has 0 aliphatic rings. The Morgan fingerprint density at radius 2 is 1.32 bits per heavy atom. The number of ether oxygens (including phenoxy) is 1. The second-order valence-corrected chi connectivity index (χ2v) is 11.7. The van der Waals surface area contributed by atoms with E-state index in [0.29, 0.717) is 50.0 Å². The highest BCUT2D eigenvalue weighted by atomic mass is 28.4. The molecular weight excluding hydrogens is 548 g/mol. The molecule has 2 rings (SSSR count). The number of unbranched alkanes of at least 4 members (excludes halogenated alkanes) is 1. The summed E-state index contributed by atoms with van der Waals surface area (Å²) in [6, 6.07) is 9.51. The molecular formula is C29H40N2O9Si. The molecule has 0 aromatic heterocycles. The van der Waals surface area contributed by atoms with Crippen LogP contribution in [0.2, 0.25) is 6.04 Å². The van der Waals surface area contributed by atoms with Crippen molar-refractivity contribution in [2.75, 3.05) is 32.9 Å². The van der Waals surface area contributed by atoms with Crippen molar-refractivity contribution in [1.29, 1.82) is 0 Å². The Bertz CT molecular complexity index is 1170. The average molecular weight is 589 g/mol. The average Bonchev–Trinajstić information content (AvgIpc) is 2.95. The molecule has 0 saturated carbocycles. The summed E-state index contributed by atoms with van der Waals surface area (Å²) in [5, 5.41) is 15.3. The van der Waals surface area contributed by atoms with Gasteiger partial charge in [0.25, 0.3) is 18.3 Å². The van der Waals surface area contributed by atoms with E-state index in [0.717, 1.165) is 12.8 Å². The monoisotopic (exact) mass is 588 g/mol. The molecule has 2 amide bonds. The summed E-state index contributed by atoms with van der Waals surface area (Å²) >= 11 is 0. The summed E-state index contributed by atoms with van der Waals surface area (Å²) < 4.78 is 22.5. The van der Waals surface area contributed by atoms with Crippen molar-refractivity contribution >= 4 is 33.1 Å². The van der Waals surface area contributed by atoms with Crippen molar-refractivity contribution in [2.45, 2.75) is 53.0 Å². The third-order valence-electron chi connectivity index (χ3n) is 6.08.